The van der Waals surface area contributed by atoms with Crippen molar-refractivity contribution in [2.45, 2.75) is 0 Å². The van der Waals surface area contributed by atoms with E-state index in [1.807, 2.05) is 0 Å². The van der Waals surface area contributed by atoms with E-state index in [0.29, 0.717) is 10.8 Å². The summed E-state index contributed by atoms with van der Waals surface area (Å²) in [5.41, 5.74) is 3.08. The molecule has 1 aromatic carbocycles. The fourth-order valence-electron chi connectivity index (χ4n) is 0.998. The Morgan fingerprint density at radius 1 is 1.29 bits per heavy atom. The SMILES string of the molecule is NNc1nc(-c2ccc(Cl)cc2)no1. The number of hydrazine groups is 1. The molecule has 5 nitrogen and oxygen atoms in total. The third-order valence-electron chi connectivity index (χ3n) is 1.65. The molecule has 0 saturated carbocycles. The lowest BCUT2D eigenvalue weighted by Crippen LogP contribution is -2.06. The van der Waals surface area contributed by atoms with Gasteiger partial charge in [-0.1, -0.05) is 16.8 Å². The lowest BCUT2D eigenvalue weighted by atomic mass is 10.2. The minimum absolute atomic E-state index is 0.176. The molecule has 0 bridgehead atoms. The van der Waals surface area contributed by atoms with Gasteiger partial charge in [-0.15, -0.1) is 0 Å². The van der Waals surface area contributed by atoms with E-state index in [9.17, 15) is 0 Å². The van der Waals surface area contributed by atoms with Gasteiger partial charge in [0.15, 0.2) is 0 Å². The smallest absolute Gasteiger partial charge is 0.314 e. The van der Waals surface area contributed by atoms with E-state index in [0.717, 1.165) is 5.56 Å². The molecule has 0 atom stereocenters. The fourth-order valence-corrected chi connectivity index (χ4v) is 1.12. The largest absolute Gasteiger partial charge is 0.335 e. The molecule has 0 aliphatic carbocycles. The van der Waals surface area contributed by atoms with Gasteiger partial charge < -0.3 is 4.52 Å². The Morgan fingerprint density at radius 3 is 2.57 bits per heavy atom. The molecule has 0 amide bonds. The maximum Gasteiger partial charge on any atom is 0.335 e. The van der Waals surface area contributed by atoms with E-state index in [1.54, 1.807) is 24.3 Å². The zero-order chi connectivity index (χ0) is 9.97. The van der Waals surface area contributed by atoms with E-state index in [1.165, 1.54) is 0 Å². The molecule has 14 heavy (non-hydrogen) atoms. The number of benzene rings is 1. The molecule has 0 fully saturated rings. The van der Waals surface area contributed by atoms with E-state index in [-0.39, 0.29) is 6.01 Å². The van der Waals surface area contributed by atoms with Crippen LogP contribution in [-0.4, -0.2) is 10.1 Å². The van der Waals surface area contributed by atoms with Crippen LogP contribution in [0.1, 0.15) is 0 Å². The van der Waals surface area contributed by atoms with Crippen molar-refractivity contribution in [3.8, 4) is 11.4 Å². The maximum atomic E-state index is 5.74. The van der Waals surface area contributed by atoms with Crippen molar-refractivity contribution in [2.75, 3.05) is 5.43 Å². The first-order valence-electron chi connectivity index (χ1n) is 3.86. The lowest BCUT2D eigenvalue weighted by Gasteiger charge is -1.92. The van der Waals surface area contributed by atoms with Crippen molar-refractivity contribution in [3.63, 3.8) is 0 Å². The number of nitrogens with zero attached hydrogens (tertiary/aromatic N) is 2. The van der Waals surface area contributed by atoms with E-state index >= 15 is 0 Å². The van der Waals surface area contributed by atoms with Crippen LogP contribution in [0.4, 0.5) is 6.01 Å². The Bertz CT molecular complexity index is 425. The second kappa shape index (κ2) is 3.65. The van der Waals surface area contributed by atoms with Crippen molar-refractivity contribution in [3.05, 3.63) is 29.3 Å². The molecule has 2 rings (SSSR count). The number of rotatable bonds is 2. The Hall–Kier alpha value is -1.59. The number of hydrogen-bond donors (Lipinski definition) is 2. The van der Waals surface area contributed by atoms with Crippen molar-refractivity contribution < 1.29 is 4.52 Å². The van der Waals surface area contributed by atoms with Crippen LogP contribution in [0.3, 0.4) is 0 Å². The summed E-state index contributed by atoms with van der Waals surface area (Å²) >= 11 is 5.74. The maximum absolute atomic E-state index is 5.74. The minimum Gasteiger partial charge on any atom is -0.314 e. The van der Waals surface area contributed by atoms with Gasteiger partial charge in [0.1, 0.15) is 0 Å². The summed E-state index contributed by atoms with van der Waals surface area (Å²) in [7, 11) is 0. The van der Waals surface area contributed by atoms with Gasteiger partial charge >= 0.3 is 6.01 Å². The van der Waals surface area contributed by atoms with Crippen LogP contribution in [0.15, 0.2) is 28.8 Å². The highest BCUT2D eigenvalue weighted by atomic mass is 35.5. The summed E-state index contributed by atoms with van der Waals surface area (Å²) in [5.74, 6) is 5.57. The third-order valence-corrected chi connectivity index (χ3v) is 1.90. The van der Waals surface area contributed by atoms with Crippen molar-refractivity contribution in [1.82, 2.24) is 10.1 Å². The van der Waals surface area contributed by atoms with Gasteiger partial charge in [-0.2, -0.15) is 4.98 Å². The number of hydrogen-bond acceptors (Lipinski definition) is 5. The second-order valence-corrected chi connectivity index (χ2v) is 3.01. The Labute approximate surface area is 84.8 Å². The van der Waals surface area contributed by atoms with E-state index in [4.69, 9.17) is 22.0 Å². The molecule has 0 aliphatic heterocycles. The van der Waals surface area contributed by atoms with Crippen LogP contribution in [0, 0.1) is 0 Å². The molecular formula is C8H7ClN4O. The van der Waals surface area contributed by atoms with E-state index in [2.05, 4.69) is 15.6 Å². The van der Waals surface area contributed by atoms with Crippen molar-refractivity contribution >= 4 is 17.6 Å². The van der Waals surface area contributed by atoms with Gasteiger partial charge in [0.2, 0.25) is 5.82 Å². The molecule has 1 aromatic heterocycles. The van der Waals surface area contributed by atoms with Crippen LogP contribution in [0.2, 0.25) is 5.02 Å². The van der Waals surface area contributed by atoms with Crippen LogP contribution in [-0.2, 0) is 0 Å². The van der Waals surface area contributed by atoms with Gasteiger partial charge in [0, 0.05) is 10.6 Å². The predicted octanol–water partition coefficient (Wildman–Crippen LogP) is 1.68. The summed E-state index contributed by atoms with van der Waals surface area (Å²) in [6.45, 7) is 0. The topological polar surface area (TPSA) is 77.0 Å². The summed E-state index contributed by atoms with van der Waals surface area (Å²) < 4.78 is 4.77. The number of nitrogens with one attached hydrogen (secondary N) is 1. The Balaban J connectivity index is 2.34. The van der Waals surface area contributed by atoms with Crippen LogP contribution >= 0.6 is 11.6 Å². The molecule has 0 aliphatic rings. The molecule has 0 unspecified atom stereocenters. The zero-order valence-electron chi connectivity index (χ0n) is 7.07. The number of anilines is 1. The highest BCUT2D eigenvalue weighted by Gasteiger charge is 2.06. The van der Waals surface area contributed by atoms with Crippen LogP contribution in [0.25, 0.3) is 11.4 Å². The number of aromatic nitrogens is 2. The Kier molecular flexibility index (Phi) is 2.34. The molecular weight excluding hydrogens is 204 g/mol. The first-order chi connectivity index (χ1) is 6.79. The predicted molar refractivity (Wildman–Crippen MR) is 52.6 cm³/mol. The third kappa shape index (κ3) is 1.68. The standard InChI is InChI=1S/C8H7ClN4O/c9-6-3-1-5(2-4-6)7-11-8(12-10)14-13-7/h1-4H,10H2,(H,11,12,13). The summed E-state index contributed by atoms with van der Waals surface area (Å²) in [6.07, 6.45) is 0. The average Bonchev–Trinajstić information content (AvgIpc) is 2.67. The normalized spacial score (nSPS) is 10.1. The molecule has 6 heteroatoms. The monoisotopic (exact) mass is 210 g/mol. The second-order valence-electron chi connectivity index (χ2n) is 2.57. The van der Waals surface area contributed by atoms with Gasteiger partial charge in [-0.3, -0.25) is 5.43 Å². The number of halogens is 1. The molecule has 3 N–H and O–H groups in total. The fraction of sp³-hybridized carbons (Fsp3) is 0. The van der Waals surface area contributed by atoms with Crippen molar-refractivity contribution in [1.29, 1.82) is 0 Å². The van der Waals surface area contributed by atoms with E-state index < -0.39 is 0 Å². The Morgan fingerprint density at radius 2 is 2.00 bits per heavy atom. The molecule has 0 saturated heterocycles. The first-order valence-corrected chi connectivity index (χ1v) is 4.23. The number of nitrogens with two attached hydrogens (primary N) is 1. The summed E-state index contributed by atoms with van der Waals surface area (Å²) in [5, 5.41) is 4.38. The van der Waals surface area contributed by atoms with Gasteiger partial charge in [0.05, 0.1) is 0 Å². The molecule has 2 aromatic rings. The molecule has 1 heterocycles. The molecule has 0 radical (unpaired) electrons. The zero-order valence-corrected chi connectivity index (χ0v) is 7.82. The van der Waals surface area contributed by atoms with Crippen molar-refractivity contribution in [2.24, 2.45) is 5.84 Å². The number of nitrogen functional groups attached to an aromatic ring is 1. The average molecular weight is 211 g/mol. The minimum atomic E-state index is 0.176. The molecule has 0 spiro atoms. The lowest BCUT2D eigenvalue weighted by molar-refractivity contribution is 0.432. The van der Waals surface area contributed by atoms with Gasteiger partial charge in [-0.05, 0) is 24.3 Å². The summed E-state index contributed by atoms with van der Waals surface area (Å²) in [4.78, 5) is 3.97. The van der Waals surface area contributed by atoms with Crippen LogP contribution < -0.4 is 11.3 Å². The first kappa shape index (κ1) is 8.98. The van der Waals surface area contributed by atoms with Crippen LogP contribution in [0.5, 0.6) is 0 Å². The highest BCUT2D eigenvalue weighted by molar-refractivity contribution is 6.30. The summed E-state index contributed by atoms with van der Waals surface area (Å²) in [6, 6.07) is 7.28. The van der Waals surface area contributed by atoms with Gasteiger partial charge in [-0.25, -0.2) is 5.84 Å². The highest BCUT2D eigenvalue weighted by Crippen LogP contribution is 2.19. The van der Waals surface area contributed by atoms with Gasteiger partial charge in [0.25, 0.3) is 0 Å². The molecule has 72 valence electrons. The quantitative estimate of drug-likeness (QED) is 0.583.